The van der Waals surface area contributed by atoms with Gasteiger partial charge in [0.25, 0.3) is 5.95 Å². The van der Waals surface area contributed by atoms with Gasteiger partial charge in [0.1, 0.15) is 11.2 Å². The van der Waals surface area contributed by atoms with Crippen molar-refractivity contribution in [3.8, 4) is 0 Å². The van der Waals surface area contributed by atoms with Crippen molar-refractivity contribution in [2.45, 2.75) is 32.8 Å². The lowest BCUT2D eigenvalue weighted by molar-refractivity contribution is -0.136. The first-order valence-corrected chi connectivity index (χ1v) is 7.78. The molecule has 0 saturated heterocycles. The molecule has 0 aliphatic heterocycles. The maximum atomic E-state index is 11.8. The first-order chi connectivity index (χ1) is 11.6. The van der Waals surface area contributed by atoms with Crippen LogP contribution < -0.4 is 5.32 Å². The van der Waals surface area contributed by atoms with Crippen molar-refractivity contribution in [3.05, 3.63) is 40.3 Å². The van der Waals surface area contributed by atoms with Gasteiger partial charge in [-0.15, -0.1) is 0 Å². The van der Waals surface area contributed by atoms with Crippen molar-refractivity contribution in [2.24, 2.45) is 0 Å². The number of aliphatic hydroxyl groups excluding tert-OH is 1. The van der Waals surface area contributed by atoms with Gasteiger partial charge in [0.15, 0.2) is 0 Å². The number of carbonyl (C=O) groups is 2. The lowest BCUT2D eigenvalue weighted by Crippen LogP contribution is -2.27. The Morgan fingerprint density at radius 3 is 2.32 bits per heavy atom. The first-order valence-electron chi connectivity index (χ1n) is 7.40. The van der Waals surface area contributed by atoms with Gasteiger partial charge in [-0.05, 0) is 38.5 Å². The molecule has 25 heavy (non-hydrogen) atoms. The molecule has 0 unspecified atom stereocenters. The second-order valence-electron chi connectivity index (χ2n) is 6.09. The van der Waals surface area contributed by atoms with Crippen molar-refractivity contribution in [1.29, 1.82) is 0 Å². The highest BCUT2D eigenvalue weighted by Crippen LogP contribution is 2.25. The Morgan fingerprint density at radius 2 is 1.84 bits per heavy atom. The van der Waals surface area contributed by atoms with E-state index >= 15 is 0 Å². The molecule has 0 saturated carbocycles. The number of methoxy groups -OCH3 is 2. The third-order valence-electron chi connectivity index (χ3n) is 2.95. The van der Waals surface area contributed by atoms with Gasteiger partial charge in [0.2, 0.25) is 0 Å². The number of anilines is 1. The topological polar surface area (TPSA) is 94.1 Å². The summed E-state index contributed by atoms with van der Waals surface area (Å²) in [4.78, 5) is 23.5. The Balaban J connectivity index is 2.95. The number of hydrogen-bond acceptors (Lipinski definition) is 6. The molecule has 0 bridgehead atoms. The molecule has 0 aliphatic carbocycles. The van der Waals surface area contributed by atoms with Crippen LogP contribution >= 0.6 is 11.6 Å². The predicted molar refractivity (Wildman–Crippen MR) is 93.7 cm³/mol. The second-order valence-corrected chi connectivity index (χ2v) is 6.50. The van der Waals surface area contributed by atoms with Gasteiger partial charge in [-0.2, -0.15) is 0 Å². The standard InChI is InChI=1S/C17H22ClNO6/c1-17(2,3)25-16(22)19-11-7-6-10(13(18)9-11)8-12(14(20)23-4)15(21)24-5/h6-7,9,20H,8H2,1-5H3,(H,19,22)/b14-12-. The lowest BCUT2D eigenvalue weighted by atomic mass is 10.1. The predicted octanol–water partition coefficient (Wildman–Crippen LogP) is 3.82. The molecule has 1 amide bonds. The number of nitrogens with one attached hydrogen (secondary N) is 1. The minimum Gasteiger partial charge on any atom is -0.481 e. The second kappa shape index (κ2) is 8.62. The van der Waals surface area contributed by atoms with E-state index in [0.717, 1.165) is 0 Å². The molecule has 1 rings (SSSR count). The number of aliphatic hydroxyl groups is 1. The minimum atomic E-state index is -0.730. The van der Waals surface area contributed by atoms with E-state index in [-0.39, 0.29) is 12.0 Å². The lowest BCUT2D eigenvalue weighted by Gasteiger charge is -2.19. The molecular formula is C17H22ClNO6. The van der Waals surface area contributed by atoms with Crippen LogP contribution in [-0.2, 0) is 25.4 Å². The van der Waals surface area contributed by atoms with E-state index in [1.165, 1.54) is 20.3 Å². The number of benzene rings is 1. The minimum absolute atomic E-state index is 0.00209. The van der Waals surface area contributed by atoms with Gasteiger partial charge in [-0.1, -0.05) is 17.7 Å². The summed E-state index contributed by atoms with van der Waals surface area (Å²) in [6, 6.07) is 4.73. The number of ether oxygens (including phenoxy) is 3. The summed E-state index contributed by atoms with van der Waals surface area (Å²) in [5, 5.41) is 12.5. The van der Waals surface area contributed by atoms with Crippen molar-refractivity contribution in [2.75, 3.05) is 19.5 Å². The quantitative estimate of drug-likeness (QED) is 0.464. The van der Waals surface area contributed by atoms with Crippen LogP contribution in [0.2, 0.25) is 5.02 Å². The zero-order valence-corrected chi connectivity index (χ0v) is 15.6. The zero-order chi connectivity index (χ0) is 19.2. The van der Waals surface area contributed by atoms with Crippen LogP contribution in [0.5, 0.6) is 0 Å². The maximum absolute atomic E-state index is 11.8. The summed E-state index contributed by atoms with van der Waals surface area (Å²) in [6.45, 7) is 5.27. The summed E-state index contributed by atoms with van der Waals surface area (Å²) in [5.41, 5.74) is 0.286. The number of hydrogen-bond donors (Lipinski definition) is 2. The molecule has 0 spiro atoms. The van der Waals surface area contributed by atoms with E-state index in [2.05, 4.69) is 14.8 Å². The SMILES string of the molecule is COC(=O)/C(Cc1ccc(NC(=O)OC(C)(C)C)cc1Cl)=C(/O)OC. The number of amides is 1. The van der Waals surface area contributed by atoms with E-state index < -0.39 is 23.6 Å². The molecule has 0 atom stereocenters. The van der Waals surface area contributed by atoms with E-state index in [4.69, 9.17) is 16.3 Å². The Morgan fingerprint density at radius 1 is 1.20 bits per heavy atom. The van der Waals surface area contributed by atoms with Crippen LogP contribution in [0.25, 0.3) is 0 Å². The highest BCUT2D eigenvalue weighted by Gasteiger charge is 2.20. The molecule has 2 N–H and O–H groups in total. The molecular weight excluding hydrogens is 350 g/mol. The van der Waals surface area contributed by atoms with Gasteiger partial charge < -0.3 is 19.3 Å². The number of carbonyl (C=O) groups excluding carboxylic acids is 2. The molecule has 0 radical (unpaired) electrons. The molecule has 1 aromatic rings. The van der Waals surface area contributed by atoms with E-state index in [9.17, 15) is 14.7 Å². The van der Waals surface area contributed by atoms with Gasteiger partial charge in [-0.25, -0.2) is 9.59 Å². The molecule has 0 aromatic heterocycles. The third kappa shape index (κ3) is 6.54. The largest absolute Gasteiger partial charge is 0.481 e. The number of esters is 1. The highest BCUT2D eigenvalue weighted by atomic mass is 35.5. The van der Waals surface area contributed by atoms with Gasteiger partial charge in [0.05, 0.1) is 14.2 Å². The van der Waals surface area contributed by atoms with Crippen LogP contribution in [0, 0.1) is 0 Å². The maximum Gasteiger partial charge on any atom is 0.412 e. The van der Waals surface area contributed by atoms with E-state index in [0.29, 0.717) is 16.3 Å². The van der Waals surface area contributed by atoms with E-state index in [1.807, 2.05) is 0 Å². The Bertz CT molecular complexity index is 678. The van der Waals surface area contributed by atoms with E-state index in [1.54, 1.807) is 32.9 Å². The zero-order valence-electron chi connectivity index (χ0n) is 14.8. The average Bonchev–Trinajstić information content (AvgIpc) is 2.50. The Hall–Kier alpha value is -2.41. The fourth-order valence-electron chi connectivity index (χ4n) is 1.86. The Labute approximate surface area is 151 Å². The van der Waals surface area contributed by atoms with Crippen molar-refractivity contribution < 1.29 is 28.9 Å². The monoisotopic (exact) mass is 371 g/mol. The third-order valence-corrected chi connectivity index (χ3v) is 3.30. The summed E-state index contributed by atoms with van der Waals surface area (Å²) in [5.74, 6) is -1.27. The number of rotatable bonds is 5. The summed E-state index contributed by atoms with van der Waals surface area (Å²) < 4.78 is 14.5. The molecule has 1 aromatic carbocycles. The van der Waals surface area contributed by atoms with Crippen LogP contribution in [0.1, 0.15) is 26.3 Å². The van der Waals surface area contributed by atoms with Gasteiger partial charge in [-0.3, -0.25) is 5.32 Å². The molecule has 7 nitrogen and oxygen atoms in total. The highest BCUT2D eigenvalue weighted by molar-refractivity contribution is 6.31. The normalized spacial score (nSPS) is 12.1. The summed E-state index contributed by atoms with van der Waals surface area (Å²) in [7, 11) is 2.43. The van der Waals surface area contributed by atoms with Crippen LogP contribution in [0.15, 0.2) is 29.7 Å². The van der Waals surface area contributed by atoms with Crippen molar-refractivity contribution in [1.82, 2.24) is 0 Å². The van der Waals surface area contributed by atoms with Crippen LogP contribution in [0.3, 0.4) is 0 Å². The molecule has 0 heterocycles. The first kappa shape index (κ1) is 20.6. The molecule has 0 fully saturated rings. The fourth-order valence-corrected chi connectivity index (χ4v) is 2.11. The average molecular weight is 372 g/mol. The van der Waals surface area contributed by atoms with Crippen LogP contribution in [-0.4, -0.2) is 37.0 Å². The summed E-state index contributed by atoms with van der Waals surface area (Å²) >= 11 is 6.20. The van der Waals surface area contributed by atoms with Crippen molar-refractivity contribution >= 4 is 29.4 Å². The number of halogens is 1. The fraction of sp³-hybridized carbons (Fsp3) is 0.412. The molecule has 8 heteroatoms. The molecule has 0 aliphatic rings. The smallest absolute Gasteiger partial charge is 0.412 e. The van der Waals surface area contributed by atoms with Gasteiger partial charge in [0, 0.05) is 17.1 Å². The van der Waals surface area contributed by atoms with Crippen molar-refractivity contribution in [3.63, 3.8) is 0 Å². The van der Waals surface area contributed by atoms with Crippen LogP contribution in [0.4, 0.5) is 10.5 Å². The Kier molecular flexibility index (Phi) is 7.11. The summed E-state index contributed by atoms with van der Waals surface area (Å²) in [6.07, 6.45) is -0.610. The molecule has 138 valence electrons. The van der Waals surface area contributed by atoms with Gasteiger partial charge >= 0.3 is 12.1 Å².